The molecule has 0 heterocycles. The van der Waals surface area contributed by atoms with Gasteiger partial charge in [0.2, 0.25) is 0 Å². The van der Waals surface area contributed by atoms with Crippen molar-refractivity contribution < 1.29 is 0 Å². The summed E-state index contributed by atoms with van der Waals surface area (Å²) in [6.07, 6.45) is 0. The summed E-state index contributed by atoms with van der Waals surface area (Å²) in [4.78, 5) is 2.37. The van der Waals surface area contributed by atoms with E-state index in [9.17, 15) is 0 Å². The summed E-state index contributed by atoms with van der Waals surface area (Å²) in [6, 6.07) is 69.6. The van der Waals surface area contributed by atoms with E-state index in [1.807, 2.05) is 0 Å². The first-order valence-corrected chi connectivity index (χ1v) is 18.0. The molecule has 0 bridgehead atoms. The molecule has 51 heavy (non-hydrogen) atoms. The summed E-state index contributed by atoms with van der Waals surface area (Å²) in [5.74, 6) is 0. The van der Waals surface area contributed by atoms with Gasteiger partial charge in [-0.25, -0.2) is 0 Å². The summed E-state index contributed by atoms with van der Waals surface area (Å²) in [7, 11) is 0. The molecular formula is C50H37N. The van der Waals surface area contributed by atoms with Crippen LogP contribution in [-0.2, 0) is 10.8 Å². The quantitative estimate of drug-likeness (QED) is 0.183. The zero-order chi connectivity index (χ0) is 34.2. The normalized spacial score (nSPS) is 14.4. The summed E-state index contributed by atoms with van der Waals surface area (Å²) in [5.41, 5.74) is 16.3. The molecule has 0 saturated heterocycles. The predicted octanol–water partition coefficient (Wildman–Crippen LogP) is 13.0. The number of hydrogen-bond donors (Lipinski definition) is 0. The highest BCUT2D eigenvalue weighted by molar-refractivity contribution is 6.06. The van der Waals surface area contributed by atoms with Crippen molar-refractivity contribution in [3.8, 4) is 22.3 Å². The van der Waals surface area contributed by atoms with Gasteiger partial charge in [-0.2, -0.15) is 0 Å². The minimum absolute atomic E-state index is 0.122. The van der Waals surface area contributed by atoms with Gasteiger partial charge in [-0.05, 0) is 97.4 Å². The van der Waals surface area contributed by atoms with E-state index in [1.165, 1.54) is 66.4 Å². The molecule has 1 nitrogen and oxygen atoms in total. The number of hydrogen-bond acceptors (Lipinski definition) is 1. The van der Waals surface area contributed by atoms with Crippen molar-refractivity contribution in [3.05, 3.63) is 221 Å². The Balaban J connectivity index is 1.23. The lowest BCUT2D eigenvalue weighted by molar-refractivity contribution is 0.563. The average molecular weight is 652 g/mol. The van der Waals surface area contributed by atoms with Crippen molar-refractivity contribution in [2.45, 2.75) is 24.7 Å². The molecule has 2 aliphatic carbocycles. The predicted molar refractivity (Wildman–Crippen MR) is 213 cm³/mol. The molecule has 0 N–H and O–H groups in total. The Bertz CT molecular complexity index is 2530. The second-order valence-corrected chi connectivity index (χ2v) is 14.5. The van der Waals surface area contributed by atoms with Gasteiger partial charge in [0, 0.05) is 22.2 Å². The molecule has 0 amide bonds. The van der Waals surface area contributed by atoms with E-state index < -0.39 is 5.41 Å². The summed E-state index contributed by atoms with van der Waals surface area (Å²) >= 11 is 0. The zero-order valence-electron chi connectivity index (χ0n) is 28.8. The molecule has 0 fully saturated rings. The second kappa shape index (κ2) is 11.2. The third-order valence-corrected chi connectivity index (χ3v) is 11.5. The van der Waals surface area contributed by atoms with Crippen LogP contribution in [0.4, 0.5) is 17.1 Å². The Morgan fingerprint density at radius 2 is 0.824 bits per heavy atom. The third-order valence-electron chi connectivity index (χ3n) is 11.5. The summed E-state index contributed by atoms with van der Waals surface area (Å²) < 4.78 is 0. The van der Waals surface area contributed by atoms with Gasteiger partial charge in [0.05, 0.1) is 11.1 Å². The Morgan fingerprint density at radius 3 is 1.45 bits per heavy atom. The summed E-state index contributed by atoms with van der Waals surface area (Å²) in [6.45, 7) is 4.77. The fraction of sp³-hybridized carbons (Fsp3) is 0.0800. The van der Waals surface area contributed by atoms with Crippen molar-refractivity contribution in [2.24, 2.45) is 0 Å². The molecule has 242 valence electrons. The maximum atomic E-state index is 2.51. The number of para-hydroxylation sites is 2. The number of nitrogens with zero attached hydrogens (tertiary/aromatic N) is 1. The van der Waals surface area contributed by atoms with Crippen LogP contribution in [0.25, 0.3) is 33.0 Å². The Morgan fingerprint density at radius 1 is 0.353 bits per heavy atom. The fourth-order valence-corrected chi connectivity index (χ4v) is 9.34. The van der Waals surface area contributed by atoms with Crippen molar-refractivity contribution in [2.75, 3.05) is 4.90 Å². The van der Waals surface area contributed by atoms with Crippen LogP contribution in [0.3, 0.4) is 0 Å². The lowest BCUT2D eigenvalue weighted by Gasteiger charge is -2.46. The van der Waals surface area contributed by atoms with E-state index in [0.29, 0.717) is 0 Å². The van der Waals surface area contributed by atoms with Gasteiger partial charge in [0.25, 0.3) is 0 Å². The highest BCUT2D eigenvalue weighted by Gasteiger charge is 2.53. The molecule has 2 aliphatic rings. The van der Waals surface area contributed by atoms with Gasteiger partial charge < -0.3 is 4.90 Å². The second-order valence-electron chi connectivity index (χ2n) is 14.5. The number of benzene rings is 8. The highest BCUT2D eigenvalue weighted by Crippen LogP contribution is 2.62. The van der Waals surface area contributed by atoms with Crippen LogP contribution in [0, 0.1) is 0 Å². The van der Waals surface area contributed by atoms with E-state index >= 15 is 0 Å². The fourth-order valence-electron chi connectivity index (χ4n) is 9.34. The average Bonchev–Trinajstić information content (AvgIpc) is 3.48. The van der Waals surface area contributed by atoms with Gasteiger partial charge in [-0.15, -0.1) is 0 Å². The van der Waals surface area contributed by atoms with Crippen LogP contribution in [0.1, 0.15) is 47.2 Å². The van der Waals surface area contributed by atoms with Gasteiger partial charge in [-0.1, -0.05) is 166 Å². The van der Waals surface area contributed by atoms with Crippen LogP contribution in [0.15, 0.2) is 188 Å². The standard InChI is InChI=1S/C50H37N/c1-49(2)43-25-13-15-27-45(43)50(46-28-16-14-26-44(46)49)42-24-12-11-22-39(42)40-30-29-34(33-47(40)50)37-31-32-48(41-23-10-9-21-38(37)41)51(35-17-5-3-6-18-35)36-19-7-4-8-20-36/h3-33H,1-2H3. The number of anilines is 3. The van der Waals surface area contributed by atoms with Crippen LogP contribution in [-0.4, -0.2) is 0 Å². The Labute approximate surface area is 300 Å². The zero-order valence-corrected chi connectivity index (χ0v) is 28.8. The Kier molecular flexibility index (Phi) is 6.51. The van der Waals surface area contributed by atoms with Crippen molar-refractivity contribution in [1.29, 1.82) is 0 Å². The molecule has 8 aromatic rings. The molecule has 0 aliphatic heterocycles. The topological polar surface area (TPSA) is 3.24 Å². The molecule has 0 saturated carbocycles. The van der Waals surface area contributed by atoms with Crippen molar-refractivity contribution in [1.82, 2.24) is 0 Å². The van der Waals surface area contributed by atoms with E-state index in [-0.39, 0.29) is 5.41 Å². The first-order valence-electron chi connectivity index (χ1n) is 18.0. The lowest BCUT2D eigenvalue weighted by atomic mass is 9.55. The summed E-state index contributed by atoms with van der Waals surface area (Å²) in [5, 5.41) is 2.46. The van der Waals surface area contributed by atoms with Crippen LogP contribution >= 0.6 is 0 Å². The minimum atomic E-state index is -0.419. The highest BCUT2D eigenvalue weighted by atomic mass is 15.1. The molecule has 1 heteroatoms. The first-order chi connectivity index (χ1) is 25.1. The maximum absolute atomic E-state index is 2.51. The van der Waals surface area contributed by atoms with Gasteiger partial charge in [0.15, 0.2) is 0 Å². The first kappa shape index (κ1) is 29.7. The molecule has 0 atom stereocenters. The van der Waals surface area contributed by atoms with Crippen molar-refractivity contribution in [3.63, 3.8) is 0 Å². The van der Waals surface area contributed by atoms with E-state index in [2.05, 4.69) is 207 Å². The molecule has 1 spiro atoms. The van der Waals surface area contributed by atoms with Gasteiger partial charge >= 0.3 is 0 Å². The van der Waals surface area contributed by atoms with Crippen LogP contribution < -0.4 is 4.90 Å². The molecule has 0 radical (unpaired) electrons. The molecule has 0 aromatic heterocycles. The number of fused-ring (bicyclic) bond motifs is 10. The van der Waals surface area contributed by atoms with Crippen LogP contribution in [0.5, 0.6) is 0 Å². The molecule has 10 rings (SSSR count). The SMILES string of the molecule is CC1(C)c2ccccc2C2(c3ccccc3-c3ccc(-c4ccc(N(c5ccccc5)c5ccccc5)c5ccccc45)cc32)c2ccccc21. The van der Waals surface area contributed by atoms with E-state index in [0.717, 1.165) is 17.1 Å². The van der Waals surface area contributed by atoms with Gasteiger partial charge in [-0.3, -0.25) is 0 Å². The largest absolute Gasteiger partial charge is 0.310 e. The van der Waals surface area contributed by atoms with Crippen LogP contribution in [0.2, 0.25) is 0 Å². The molecular weight excluding hydrogens is 615 g/mol. The monoisotopic (exact) mass is 651 g/mol. The minimum Gasteiger partial charge on any atom is -0.310 e. The third kappa shape index (κ3) is 4.15. The van der Waals surface area contributed by atoms with E-state index in [1.54, 1.807) is 0 Å². The molecule has 8 aromatic carbocycles. The van der Waals surface area contributed by atoms with E-state index in [4.69, 9.17) is 0 Å². The van der Waals surface area contributed by atoms with Crippen molar-refractivity contribution >= 4 is 27.8 Å². The number of rotatable bonds is 4. The smallest absolute Gasteiger partial charge is 0.0719 e. The lowest BCUT2D eigenvalue weighted by Crippen LogP contribution is -2.40. The maximum Gasteiger partial charge on any atom is 0.0719 e. The van der Waals surface area contributed by atoms with Gasteiger partial charge in [0.1, 0.15) is 0 Å². The Hall–Kier alpha value is -6.18. The molecule has 0 unspecified atom stereocenters.